The van der Waals surface area contributed by atoms with E-state index in [2.05, 4.69) is 22.9 Å². The Bertz CT molecular complexity index is 481. The Morgan fingerprint density at radius 3 is 2.19 bits per heavy atom. The Balaban J connectivity index is 2.36. The summed E-state index contributed by atoms with van der Waals surface area (Å²) in [7, 11) is 0. The molecule has 1 aromatic rings. The monoisotopic (exact) mass is 356 g/mol. The Hall–Kier alpha value is -0.740. The lowest BCUT2D eigenvalue weighted by Gasteiger charge is -2.31. The van der Waals surface area contributed by atoms with Crippen LogP contribution in [0.1, 0.15) is 58.1 Å². The molecule has 1 aliphatic carbocycles. The average molecular weight is 357 g/mol. The van der Waals surface area contributed by atoms with Crippen LogP contribution in [0.5, 0.6) is 11.5 Å². The molecule has 0 radical (unpaired) electrons. The lowest BCUT2D eigenvalue weighted by Crippen LogP contribution is -2.22. The summed E-state index contributed by atoms with van der Waals surface area (Å²) in [5.74, 6) is 1.43. The topological polar surface area (TPSA) is 38.7 Å². The Morgan fingerprint density at radius 1 is 1.14 bits per heavy atom. The maximum absolute atomic E-state index is 10.8. The summed E-state index contributed by atoms with van der Waals surface area (Å²) in [5, 5.41) is 10.8. The van der Waals surface area contributed by atoms with E-state index in [-0.39, 0.29) is 5.41 Å². The first-order chi connectivity index (χ1) is 10.0. The lowest BCUT2D eigenvalue weighted by molar-refractivity contribution is 0.0400. The van der Waals surface area contributed by atoms with Crippen molar-refractivity contribution in [3.8, 4) is 11.5 Å². The summed E-state index contributed by atoms with van der Waals surface area (Å²) in [5.41, 5.74) is 0.852. The molecule has 1 fully saturated rings. The standard InChI is InChI=1S/C17H25BrO3/c1-4-20-14-10-12(13(18)11-15(14)21-5-2)16(19)17(3)8-6-7-9-17/h10-11,16,19H,4-9H2,1-3H3. The van der Waals surface area contributed by atoms with E-state index in [9.17, 15) is 5.11 Å². The fourth-order valence-electron chi connectivity index (χ4n) is 3.13. The van der Waals surface area contributed by atoms with Gasteiger partial charge < -0.3 is 14.6 Å². The van der Waals surface area contributed by atoms with Crippen molar-refractivity contribution in [1.82, 2.24) is 0 Å². The van der Waals surface area contributed by atoms with E-state index in [1.165, 1.54) is 12.8 Å². The minimum Gasteiger partial charge on any atom is -0.490 e. The Labute approximate surface area is 135 Å². The van der Waals surface area contributed by atoms with Crippen LogP contribution in [0.25, 0.3) is 0 Å². The van der Waals surface area contributed by atoms with E-state index in [0.29, 0.717) is 19.0 Å². The summed E-state index contributed by atoms with van der Waals surface area (Å²) in [6.07, 6.45) is 4.04. The highest BCUT2D eigenvalue weighted by Gasteiger charge is 2.38. The molecular formula is C17H25BrO3. The van der Waals surface area contributed by atoms with Gasteiger partial charge in [0.15, 0.2) is 11.5 Å². The van der Waals surface area contributed by atoms with Crippen molar-refractivity contribution < 1.29 is 14.6 Å². The number of aliphatic hydroxyl groups excluding tert-OH is 1. The van der Waals surface area contributed by atoms with Crippen molar-refractivity contribution in [2.75, 3.05) is 13.2 Å². The third kappa shape index (κ3) is 3.54. The first kappa shape index (κ1) is 16.6. The molecule has 3 nitrogen and oxygen atoms in total. The molecule has 0 saturated heterocycles. The molecule has 1 atom stereocenters. The summed E-state index contributed by atoms with van der Waals surface area (Å²) in [6, 6.07) is 3.83. The highest BCUT2D eigenvalue weighted by atomic mass is 79.9. The van der Waals surface area contributed by atoms with Gasteiger partial charge in [0.1, 0.15) is 0 Å². The van der Waals surface area contributed by atoms with Crippen molar-refractivity contribution in [1.29, 1.82) is 0 Å². The molecule has 2 rings (SSSR count). The molecule has 1 unspecified atom stereocenters. The van der Waals surface area contributed by atoms with Gasteiger partial charge in [-0.3, -0.25) is 0 Å². The molecular weight excluding hydrogens is 332 g/mol. The summed E-state index contributed by atoms with van der Waals surface area (Å²) >= 11 is 3.58. The van der Waals surface area contributed by atoms with Crippen molar-refractivity contribution in [3.05, 3.63) is 22.2 Å². The molecule has 4 heteroatoms. The number of hydrogen-bond donors (Lipinski definition) is 1. The molecule has 0 aliphatic heterocycles. The molecule has 0 heterocycles. The second kappa shape index (κ2) is 7.01. The van der Waals surface area contributed by atoms with Crippen molar-refractivity contribution in [2.24, 2.45) is 5.41 Å². The van der Waals surface area contributed by atoms with Crippen LogP contribution in [0.3, 0.4) is 0 Å². The number of ether oxygens (including phenoxy) is 2. The van der Waals surface area contributed by atoms with Gasteiger partial charge in [-0.2, -0.15) is 0 Å². The molecule has 118 valence electrons. The van der Waals surface area contributed by atoms with Gasteiger partial charge >= 0.3 is 0 Å². The molecule has 0 bridgehead atoms. The fraction of sp³-hybridized carbons (Fsp3) is 0.647. The first-order valence-corrected chi connectivity index (χ1v) is 8.58. The quantitative estimate of drug-likeness (QED) is 0.790. The van der Waals surface area contributed by atoms with Gasteiger partial charge in [-0.25, -0.2) is 0 Å². The second-order valence-corrected chi connectivity index (χ2v) is 6.80. The van der Waals surface area contributed by atoms with E-state index in [0.717, 1.165) is 28.6 Å². The maximum atomic E-state index is 10.8. The zero-order valence-corrected chi connectivity index (χ0v) is 14.7. The van der Waals surface area contributed by atoms with Gasteiger partial charge in [0.2, 0.25) is 0 Å². The minimum atomic E-state index is -0.482. The summed E-state index contributed by atoms with van der Waals surface area (Å²) in [6.45, 7) is 7.24. The predicted molar refractivity (Wildman–Crippen MR) is 88.0 cm³/mol. The van der Waals surface area contributed by atoms with Crippen LogP contribution >= 0.6 is 15.9 Å². The largest absolute Gasteiger partial charge is 0.490 e. The fourth-order valence-corrected chi connectivity index (χ4v) is 3.67. The molecule has 1 aliphatic rings. The minimum absolute atomic E-state index is 0.0425. The molecule has 1 aromatic carbocycles. The van der Waals surface area contributed by atoms with Crippen LogP contribution in [0, 0.1) is 5.41 Å². The Kier molecular flexibility index (Phi) is 5.55. The third-order valence-corrected chi connectivity index (χ3v) is 5.05. The number of halogens is 1. The van der Waals surface area contributed by atoms with Crippen molar-refractivity contribution >= 4 is 15.9 Å². The van der Waals surface area contributed by atoms with Crippen LogP contribution in [0.4, 0.5) is 0 Å². The predicted octanol–water partition coefficient (Wildman–Crippen LogP) is 4.86. The Morgan fingerprint density at radius 2 is 1.67 bits per heavy atom. The van der Waals surface area contributed by atoms with Crippen LogP contribution in [0.2, 0.25) is 0 Å². The van der Waals surface area contributed by atoms with E-state index < -0.39 is 6.10 Å². The van der Waals surface area contributed by atoms with Crippen LogP contribution in [0.15, 0.2) is 16.6 Å². The van der Waals surface area contributed by atoms with E-state index in [1.54, 1.807) is 0 Å². The maximum Gasteiger partial charge on any atom is 0.162 e. The third-order valence-electron chi connectivity index (χ3n) is 4.36. The second-order valence-electron chi connectivity index (χ2n) is 5.95. The van der Waals surface area contributed by atoms with Gasteiger partial charge in [-0.05, 0) is 49.8 Å². The number of benzene rings is 1. The van der Waals surface area contributed by atoms with Crippen LogP contribution in [-0.2, 0) is 0 Å². The molecule has 1 saturated carbocycles. The van der Waals surface area contributed by atoms with E-state index in [1.807, 2.05) is 26.0 Å². The number of aliphatic hydroxyl groups is 1. The summed E-state index contributed by atoms with van der Waals surface area (Å²) in [4.78, 5) is 0. The number of rotatable bonds is 6. The van der Waals surface area contributed by atoms with E-state index >= 15 is 0 Å². The highest BCUT2D eigenvalue weighted by molar-refractivity contribution is 9.10. The van der Waals surface area contributed by atoms with Crippen LogP contribution in [-0.4, -0.2) is 18.3 Å². The molecule has 0 aromatic heterocycles. The zero-order chi connectivity index (χ0) is 15.5. The number of hydrogen-bond acceptors (Lipinski definition) is 3. The van der Waals surface area contributed by atoms with Gasteiger partial charge in [-0.1, -0.05) is 35.7 Å². The normalized spacial score (nSPS) is 18.5. The zero-order valence-electron chi connectivity index (χ0n) is 13.1. The van der Waals surface area contributed by atoms with Gasteiger partial charge in [0.05, 0.1) is 19.3 Å². The van der Waals surface area contributed by atoms with Crippen molar-refractivity contribution in [3.63, 3.8) is 0 Å². The average Bonchev–Trinajstić information content (AvgIpc) is 2.89. The SMILES string of the molecule is CCOc1cc(Br)c(C(O)C2(C)CCCC2)cc1OCC. The highest BCUT2D eigenvalue weighted by Crippen LogP contribution is 2.49. The lowest BCUT2D eigenvalue weighted by atomic mass is 9.79. The smallest absolute Gasteiger partial charge is 0.162 e. The van der Waals surface area contributed by atoms with Gasteiger partial charge in [-0.15, -0.1) is 0 Å². The molecule has 21 heavy (non-hydrogen) atoms. The van der Waals surface area contributed by atoms with E-state index in [4.69, 9.17) is 9.47 Å². The first-order valence-electron chi connectivity index (χ1n) is 7.79. The van der Waals surface area contributed by atoms with Crippen LogP contribution < -0.4 is 9.47 Å². The van der Waals surface area contributed by atoms with Gasteiger partial charge in [0, 0.05) is 4.47 Å². The molecule has 1 N–H and O–H groups in total. The molecule has 0 spiro atoms. The van der Waals surface area contributed by atoms with Gasteiger partial charge in [0.25, 0.3) is 0 Å². The van der Waals surface area contributed by atoms with Crippen molar-refractivity contribution in [2.45, 2.75) is 52.6 Å². The molecule has 0 amide bonds. The summed E-state index contributed by atoms with van der Waals surface area (Å²) < 4.78 is 12.2.